The summed E-state index contributed by atoms with van der Waals surface area (Å²) in [5, 5.41) is 8.01. The van der Waals surface area contributed by atoms with E-state index in [-0.39, 0.29) is 0 Å². The molecule has 2 N–H and O–H groups in total. The Balaban J connectivity index is 5.66. The molecule has 0 rings (SSSR count). The van der Waals surface area contributed by atoms with Crippen molar-refractivity contribution in [3.8, 4) is 0 Å². The van der Waals surface area contributed by atoms with Crippen LogP contribution in [0, 0.1) is 0 Å². The molecule has 0 aliphatic carbocycles. The highest BCUT2D eigenvalue weighted by atomic mass is 31.1. The standard InChI is InChI=1S/C14H29O5P2/c1-7-12(6,13(8-2,9-3)20(16)17)19-21(18)14(15,10-4)11-5/h15H,7-11H2,1-6H3/q+1/p+1. The third-order valence-electron chi connectivity index (χ3n) is 4.95. The van der Waals surface area contributed by atoms with Gasteiger partial charge in [-0.05, 0) is 22.5 Å². The summed E-state index contributed by atoms with van der Waals surface area (Å²) in [6.45, 7) is 10.7. The van der Waals surface area contributed by atoms with Gasteiger partial charge in [0.2, 0.25) is 5.16 Å². The van der Waals surface area contributed by atoms with Crippen molar-refractivity contribution in [1.29, 1.82) is 0 Å². The van der Waals surface area contributed by atoms with Crippen molar-refractivity contribution in [2.75, 3.05) is 0 Å². The fourth-order valence-electron chi connectivity index (χ4n) is 2.73. The normalized spacial score (nSPS) is 17.3. The van der Waals surface area contributed by atoms with Gasteiger partial charge >= 0.3 is 16.1 Å². The lowest BCUT2D eigenvalue weighted by Crippen LogP contribution is -2.50. The molecule has 0 aromatic carbocycles. The molecule has 124 valence electrons. The zero-order valence-electron chi connectivity index (χ0n) is 14.0. The maximum atomic E-state index is 12.5. The Bertz CT molecular complexity index is 378. The maximum Gasteiger partial charge on any atom is 0.544 e. The summed E-state index contributed by atoms with van der Waals surface area (Å²) >= 11 is 0. The van der Waals surface area contributed by atoms with Gasteiger partial charge in [0.25, 0.3) is 5.34 Å². The van der Waals surface area contributed by atoms with E-state index in [4.69, 9.17) is 4.52 Å². The predicted molar refractivity (Wildman–Crippen MR) is 86.1 cm³/mol. The molecule has 7 heteroatoms. The Labute approximate surface area is 130 Å². The molecule has 0 fully saturated rings. The number of hydrogen-bond acceptors (Lipinski definition) is 4. The minimum Gasteiger partial charge on any atom is -0.346 e. The summed E-state index contributed by atoms with van der Waals surface area (Å²) in [6.07, 6.45) is 1.96. The Kier molecular flexibility index (Phi) is 8.11. The van der Waals surface area contributed by atoms with E-state index in [0.717, 1.165) is 0 Å². The quantitative estimate of drug-likeness (QED) is 0.562. The van der Waals surface area contributed by atoms with Crippen LogP contribution < -0.4 is 0 Å². The van der Waals surface area contributed by atoms with E-state index in [1.165, 1.54) is 0 Å². The van der Waals surface area contributed by atoms with E-state index in [0.29, 0.717) is 32.1 Å². The second kappa shape index (κ2) is 8.08. The number of rotatable bonds is 10. The fourth-order valence-corrected chi connectivity index (χ4v) is 5.30. The van der Waals surface area contributed by atoms with E-state index in [9.17, 15) is 19.1 Å². The second-order valence-corrected chi connectivity index (χ2v) is 8.57. The summed E-state index contributed by atoms with van der Waals surface area (Å²) in [4.78, 5) is 9.83. The smallest absolute Gasteiger partial charge is 0.346 e. The number of hydrogen-bond donors (Lipinski definition) is 2. The Hall–Kier alpha value is 0.0800. The molecule has 0 radical (unpaired) electrons. The van der Waals surface area contributed by atoms with Crippen molar-refractivity contribution in [3.63, 3.8) is 0 Å². The SMILES string of the molecule is CCC(O)(CC)[P+](=O)OC(C)(CC)C(CC)(CC)[P+](=O)O. The van der Waals surface area contributed by atoms with Gasteiger partial charge in [0.05, 0.1) is 0 Å². The van der Waals surface area contributed by atoms with Gasteiger partial charge in [-0.15, -0.1) is 4.52 Å². The molecule has 0 bridgehead atoms. The lowest BCUT2D eigenvalue weighted by Gasteiger charge is -2.34. The molecule has 0 spiro atoms. The topological polar surface area (TPSA) is 83.8 Å². The maximum absolute atomic E-state index is 12.5. The molecule has 0 amide bonds. The van der Waals surface area contributed by atoms with Crippen LogP contribution in [0.1, 0.15) is 73.6 Å². The molecule has 0 saturated carbocycles. The van der Waals surface area contributed by atoms with Crippen molar-refractivity contribution in [1.82, 2.24) is 0 Å². The summed E-state index contributed by atoms with van der Waals surface area (Å²) in [5.41, 5.74) is -1.02. The first-order valence-electron chi connectivity index (χ1n) is 7.68. The average Bonchev–Trinajstić information content (AvgIpc) is 2.47. The van der Waals surface area contributed by atoms with Gasteiger partial charge in [-0.1, -0.05) is 34.6 Å². The highest BCUT2D eigenvalue weighted by Gasteiger charge is 2.65. The first kappa shape index (κ1) is 21.1. The van der Waals surface area contributed by atoms with Crippen LogP contribution in [0.5, 0.6) is 0 Å². The molecular formula is C14H30O5P2+2. The van der Waals surface area contributed by atoms with Crippen LogP contribution >= 0.6 is 16.1 Å². The summed E-state index contributed by atoms with van der Waals surface area (Å²) in [6, 6.07) is 0. The molecule has 21 heavy (non-hydrogen) atoms. The molecule has 3 atom stereocenters. The zero-order valence-corrected chi connectivity index (χ0v) is 15.8. The van der Waals surface area contributed by atoms with Crippen LogP contribution in [0.15, 0.2) is 0 Å². The molecule has 0 aromatic rings. The molecule has 0 aliphatic heterocycles. The minimum atomic E-state index is -2.50. The van der Waals surface area contributed by atoms with Crippen LogP contribution in [-0.2, 0) is 13.7 Å². The Morgan fingerprint density at radius 2 is 1.33 bits per heavy atom. The van der Waals surface area contributed by atoms with Gasteiger partial charge in [-0.3, -0.25) is 0 Å². The second-order valence-electron chi connectivity index (χ2n) is 5.63. The van der Waals surface area contributed by atoms with E-state index in [2.05, 4.69) is 0 Å². The molecule has 0 saturated heterocycles. The van der Waals surface area contributed by atoms with Gasteiger partial charge in [0.1, 0.15) is 0 Å². The lowest BCUT2D eigenvalue weighted by atomic mass is 9.82. The van der Waals surface area contributed by atoms with Crippen molar-refractivity contribution in [2.24, 2.45) is 0 Å². The molecule has 0 heterocycles. The summed E-state index contributed by atoms with van der Waals surface area (Å²) in [5.74, 6) is 0. The van der Waals surface area contributed by atoms with Crippen molar-refractivity contribution in [3.05, 3.63) is 0 Å². The van der Waals surface area contributed by atoms with Crippen LogP contribution in [0.4, 0.5) is 0 Å². The first-order valence-corrected chi connectivity index (χ1v) is 10.1. The van der Waals surface area contributed by atoms with Gasteiger partial charge in [0.15, 0.2) is 5.60 Å². The predicted octanol–water partition coefficient (Wildman–Crippen LogP) is 4.72. The van der Waals surface area contributed by atoms with Gasteiger partial charge in [0, 0.05) is 25.7 Å². The highest BCUT2D eigenvalue weighted by molar-refractivity contribution is 7.41. The van der Waals surface area contributed by atoms with Crippen LogP contribution in [0.25, 0.3) is 0 Å². The summed E-state index contributed by atoms with van der Waals surface area (Å²) in [7, 11) is -4.86. The molecule has 0 aromatic heterocycles. The van der Waals surface area contributed by atoms with Crippen LogP contribution in [0.3, 0.4) is 0 Å². The van der Waals surface area contributed by atoms with Crippen LogP contribution in [-0.4, -0.2) is 26.1 Å². The van der Waals surface area contributed by atoms with E-state index >= 15 is 0 Å². The molecule has 0 aliphatic rings. The molecular weight excluding hydrogens is 310 g/mol. The third-order valence-corrected chi connectivity index (χ3v) is 8.67. The summed E-state index contributed by atoms with van der Waals surface area (Å²) < 4.78 is 30.2. The Morgan fingerprint density at radius 3 is 1.57 bits per heavy atom. The monoisotopic (exact) mass is 340 g/mol. The lowest BCUT2D eigenvalue weighted by molar-refractivity contribution is 0.0146. The van der Waals surface area contributed by atoms with Crippen molar-refractivity contribution >= 4 is 16.1 Å². The Morgan fingerprint density at radius 1 is 0.905 bits per heavy atom. The highest BCUT2D eigenvalue weighted by Crippen LogP contribution is 2.57. The van der Waals surface area contributed by atoms with Crippen molar-refractivity contribution < 1.29 is 23.7 Å². The molecule has 5 nitrogen and oxygen atoms in total. The average molecular weight is 340 g/mol. The fraction of sp³-hybridized carbons (Fsp3) is 1.00. The molecule has 3 unspecified atom stereocenters. The zero-order chi connectivity index (χ0) is 16.9. The van der Waals surface area contributed by atoms with Crippen molar-refractivity contribution in [2.45, 2.75) is 89.7 Å². The largest absolute Gasteiger partial charge is 0.544 e. The third kappa shape index (κ3) is 3.89. The van der Waals surface area contributed by atoms with Crippen LogP contribution in [0.2, 0.25) is 0 Å². The minimum absolute atomic E-state index is 0.314. The van der Waals surface area contributed by atoms with E-state index < -0.39 is 32.2 Å². The van der Waals surface area contributed by atoms with Gasteiger partial charge in [-0.25, -0.2) is 0 Å². The van der Waals surface area contributed by atoms with E-state index in [1.54, 1.807) is 20.8 Å². The van der Waals surface area contributed by atoms with Gasteiger partial charge < -0.3 is 5.11 Å². The number of aliphatic hydroxyl groups is 1. The van der Waals surface area contributed by atoms with E-state index in [1.807, 2.05) is 20.8 Å². The first-order chi connectivity index (χ1) is 9.62. The van der Waals surface area contributed by atoms with Gasteiger partial charge in [-0.2, -0.15) is 4.89 Å².